The van der Waals surface area contributed by atoms with Crippen LogP contribution in [0, 0.1) is 5.41 Å². The number of aliphatic carboxylic acids is 1. The summed E-state index contributed by atoms with van der Waals surface area (Å²) in [6.07, 6.45) is 13.3. The second-order valence-corrected chi connectivity index (χ2v) is 9.93. The molecule has 0 aliphatic heterocycles. The normalized spacial score (nSPS) is 13.0. The number of carboxylic acid groups (broad SMARTS) is 1. The number of carboxylic acids is 1. The standard InChI is InChI=1S/C16H22ClN3O.C10H18O2/c1-15(2,3)16(21,10-20-12-18-11-19-20)9-8-13-4-6-14(17)7-5-13;1-2-3-4-5-6-7-8-9-10(11)12/h4-7,11-12,21H,8-10H2,1-3H3;2H,1,3-9H2,(H,11,12). The molecule has 2 rings (SSSR count). The molecule has 6 nitrogen and oxygen atoms in total. The maximum atomic E-state index is 11.1. The number of benzene rings is 1. The lowest BCUT2D eigenvalue weighted by atomic mass is 9.73. The highest BCUT2D eigenvalue weighted by Crippen LogP contribution is 2.35. The number of aryl methyl sites for hydroxylation is 1. The molecule has 0 bridgehead atoms. The van der Waals surface area contributed by atoms with Gasteiger partial charge in [0, 0.05) is 11.4 Å². The number of unbranched alkanes of at least 4 members (excludes halogenated alkanes) is 5. The monoisotopic (exact) mass is 477 g/mol. The van der Waals surface area contributed by atoms with Crippen molar-refractivity contribution in [1.29, 1.82) is 0 Å². The molecule has 0 spiro atoms. The highest BCUT2D eigenvalue weighted by atomic mass is 35.5. The van der Waals surface area contributed by atoms with Crippen molar-refractivity contribution in [3.05, 3.63) is 60.2 Å². The smallest absolute Gasteiger partial charge is 0.303 e. The van der Waals surface area contributed by atoms with Gasteiger partial charge >= 0.3 is 5.97 Å². The fraction of sp³-hybridized carbons (Fsp3) is 0.577. The molecule has 1 aromatic carbocycles. The topological polar surface area (TPSA) is 88.2 Å². The van der Waals surface area contributed by atoms with E-state index in [-0.39, 0.29) is 5.41 Å². The molecule has 0 saturated carbocycles. The van der Waals surface area contributed by atoms with Crippen LogP contribution in [-0.2, 0) is 17.8 Å². The lowest BCUT2D eigenvalue weighted by Gasteiger charge is -2.40. The maximum Gasteiger partial charge on any atom is 0.303 e. The van der Waals surface area contributed by atoms with Gasteiger partial charge in [-0.3, -0.25) is 9.48 Å². The molecule has 0 amide bonds. The van der Waals surface area contributed by atoms with Gasteiger partial charge in [-0.2, -0.15) is 5.10 Å². The predicted octanol–water partition coefficient (Wildman–Crippen LogP) is 6.33. The molecule has 0 aliphatic rings. The van der Waals surface area contributed by atoms with Crippen LogP contribution in [0.3, 0.4) is 0 Å². The van der Waals surface area contributed by atoms with Gasteiger partial charge in [0.05, 0.1) is 12.1 Å². The average Bonchev–Trinajstić information content (AvgIpc) is 3.25. The van der Waals surface area contributed by atoms with E-state index >= 15 is 0 Å². The first-order valence-corrected chi connectivity index (χ1v) is 12.1. The summed E-state index contributed by atoms with van der Waals surface area (Å²) in [6, 6.07) is 7.76. The Bertz CT molecular complexity index is 801. The summed E-state index contributed by atoms with van der Waals surface area (Å²) in [5.41, 5.74) is 0.0479. The number of hydrogen-bond donors (Lipinski definition) is 2. The number of allylic oxidation sites excluding steroid dienone is 1. The van der Waals surface area contributed by atoms with Crippen molar-refractivity contribution in [3.8, 4) is 0 Å². The first kappa shape index (κ1) is 28.9. The van der Waals surface area contributed by atoms with E-state index in [4.69, 9.17) is 16.7 Å². The Labute approximate surface area is 203 Å². The molecule has 1 aromatic heterocycles. The van der Waals surface area contributed by atoms with E-state index in [0.717, 1.165) is 37.1 Å². The summed E-state index contributed by atoms with van der Waals surface area (Å²) in [6.45, 7) is 10.2. The molecule has 7 heteroatoms. The van der Waals surface area contributed by atoms with E-state index in [0.29, 0.717) is 19.4 Å². The molecule has 184 valence electrons. The number of hydrogen-bond acceptors (Lipinski definition) is 4. The molecule has 0 aliphatic carbocycles. The lowest BCUT2D eigenvalue weighted by molar-refractivity contribution is -0.137. The van der Waals surface area contributed by atoms with Gasteiger partial charge in [-0.05, 0) is 55.2 Å². The SMILES string of the molecule is C=CCCCCCCCC(=O)O.CC(C)(C)C(O)(CCc1ccc(Cl)cc1)Cn1cncn1. The quantitative estimate of drug-likeness (QED) is 0.260. The third kappa shape index (κ3) is 12.0. The Morgan fingerprint density at radius 2 is 1.76 bits per heavy atom. The molecule has 0 fully saturated rings. The fourth-order valence-electron chi connectivity index (χ4n) is 3.37. The number of nitrogens with zero attached hydrogens (tertiary/aromatic N) is 3. The summed E-state index contributed by atoms with van der Waals surface area (Å²) in [7, 11) is 0. The van der Waals surface area contributed by atoms with E-state index in [1.54, 1.807) is 11.0 Å². The van der Waals surface area contributed by atoms with Crippen molar-refractivity contribution >= 4 is 17.6 Å². The van der Waals surface area contributed by atoms with E-state index < -0.39 is 11.6 Å². The fourth-order valence-corrected chi connectivity index (χ4v) is 3.50. The van der Waals surface area contributed by atoms with Crippen LogP contribution in [0.4, 0.5) is 0 Å². The summed E-state index contributed by atoms with van der Waals surface area (Å²) in [5, 5.41) is 24.3. The molecule has 2 N–H and O–H groups in total. The summed E-state index contributed by atoms with van der Waals surface area (Å²) < 4.78 is 1.69. The Morgan fingerprint density at radius 1 is 1.12 bits per heavy atom. The molecule has 1 atom stereocenters. The minimum Gasteiger partial charge on any atom is -0.481 e. The summed E-state index contributed by atoms with van der Waals surface area (Å²) >= 11 is 5.90. The Morgan fingerprint density at radius 3 is 2.30 bits per heavy atom. The molecule has 1 unspecified atom stereocenters. The highest BCUT2D eigenvalue weighted by Gasteiger charge is 2.40. The minimum atomic E-state index is -0.861. The van der Waals surface area contributed by atoms with E-state index in [9.17, 15) is 9.90 Å². The van der Waals surface area contributed by atoms with Crippen molar-refractivity contribution in [2.75, 3.05) is 0 Å². The van der Waals surface area contributed by atoms with Crippen molar-refractivity contribution in [2.24, 2.45) is 5.41 Å². The molecular formula is C26H40ClN3O3. The van der Waals surface area contributed by atoms with Gasteiger partial charge in [-0.15, -0.1) is 6.58 Å². The second kappa shape index (κ2) is 14.9. The largest absolute Gasteiger partial charge is 0.481 e. The van der Waals surface area contributed by atoms with Crippen molar-refractivity contribution in [2.45, 2.75) is 90.7 Å². The zero-order valence-corrected chi connectivity index (χ0v) is 21.1. The van der Waals surface area contributed by atoms with Gasteiger partial charge in [0.1, 0.15) is 12.7 Å². The van der Waals surface area contributed by atoms with Crippen molar-refractivity contribution < 1.29 is 15.0 Å². The van der Waals surface area contributed by atoms with Gasteiger partial charge < -0.3 is 10.2 Å². The van der Waals surface area contributed by atoms with Crippen LogP contribution in [0.25, 0.3) is 0 Å². The number of carbonyl (C=O) groups is 1. The van der Waals surface area contributed by atoms with Crippen LogP contribution in [0.5, 0.6) is 0 Å². The molecule has 0 saturated heterocycles. The Hall–Kier alpha value is -2.18. The lowest BCUT2D eigenvalue weighted by Crippen LogP contribution is -2.47. The van der Waals surface area contributed by atoms with Crippen LogP contribution in [0.15, 0.2) is 49.6 Å². The zero-order valence-electron chi connectivity index (χ0n) is 20.3. The summed E-state index contributed by atoms with van der Waals surface area (Å²) in [5.74, 6) is -0.680. The van der Waals surface area contributed by atoms with Crippen molar-refractivity contribution in [3.63, 3.8) is 0 Å². The molecule has 2 aromatic rings. The predicted molar refractivity (Wildman–Crippen MR) is 134 cm³/mol. The summed E-state index contributed by atoms with van der Waals surface area (Å²) in [4.78, 5) is 14.1. The van der Waals surface area contributed by atoms with Gasteiger partial charge in [0.2, 0.25) is 0 Å². The molecular weight excluding hydrogens is 438 g/mol. The minimum absolute atomic E-state index is 0.259. The maximum absolute atomic E-state index is 11.1. The zero-order chi connectivity index (χ0) is 24.7. The highest BCUT2D eigenvalue weighted by molar-refractivity contribution is 6.30. The third-order valence-corrected chi connectivity index (χ3v) is 6.08. The van der Waals surface area contributed by atoms with E-state index in [1.807, 2.05) is 51.1 Å². The second-order valence-electron chi connectivity index (χ2n) is 9.49. The number of aliphatic hydroxyl groups is 1. The average molecular weight is 478 g/mol. The first-order chi connectivity index (χ1) is 15.6. The van der Waals surface area contributed by atoms with E-state index in [2.05, 4.69) is 16.7 Å². The van der Waals surface area contributed by atoms with Crippen LogP contribution in [0.2, 0.25) is 5.02 Å². The van der Waals surface area contributed by atoms with Crippen LogP contribution in [0.1, 0.15) is 77.7 Å². The Kier molecular flexibility index (Phi) is 13.0. The van der Waals surface area contributed by atoms with Gasteiger partial charge in [-0.1, -0.05) is 69.8 Å². The van der Waals surface area contributed by atoms with Crippen molar-refractivity contribution in [1.82, 2.24) is 14.8 Å². The van der Waals surface area contributed by atoms with Crippen LogP contribution >= 0.6 is 11.6 Å². The van der Waals surface area contributed by atoms with Gasteiger partial charge in [-0.25, -0.2) is 4.98 Å². The molecule has 1 heterocycles. The number of halogens is 1. The molecule has 0 radical (unpaired) electrons. The van der Waals surface area contributed by atoms with Gasteiger partial charge in [0.25, 0.3) is 0 Å². The van der Waals surface area contributed by atoms with E-state index in [1.165, 1.54) is 24.7 Å². The third-order valence-electron chi connectivity index (χ3n) is 5.83. The number of rotatable bonds is 13. The first-order valence-electron chi connectivity index (χ1n) is 11.7. The Balaban J connectivity index is 0.000000389. The van der Waals surface area contributed by atoms with Gasteiger partial charge in [0.15, 0.2) is 0 Å². The van der Waals surface area contributed by atoms with Crippen LogP contribution in [-0.4, -0.2) is 36.5 Å². The molecule has 33 heavy (non-hydrogen) atoms. The van der Waals surface area contributed by atoms with Crippen LogP contribution < -0.4 is 0 Å². The number of aromatic nitrogens is 3.